The number of nitrogens with zero attached hydrogens (tertiary/aromatic N) is 3. The van der Waals surface area contributed by atoms with Crippen molar-refractivity contribution in [1.82, 2.24) is 20.0 Å². The van der Waals surface area contributed by atoms with Crippen molar-refractivity contribution in [3.8, 4) is 11.1 Å². The van der Waals surface area contributed by atoms with E-state index in [1.807, 2.05) is 24.3 Å². The molecule has 2 unspecified atom stereocenters. The topological polar surface area (TPSA) is 108 Å². The monoisotopic (exact) mass is 730 g/mol. The SMILES string of the molecule is CCO[Si]1(CCCNC(=O)CCCCCN(C)C(=O)[C@@H]2CCCN2C(=O)[C@@H]2CCCN2C(=O)OCC2c3ccccc3-c3ccccc32)C(C)C1C. The Morgan fingerprint density at radius 2 is 1.48 bits per heavy atom. The number of hydrogen-bond acceptors (Lipinski definition) is 6. The van der Waals surface area contributed by atoms with Crippen LogP contribution in [0.2, 0.25) is 17.1 Å². The molecule has 2 aromatic carbocycles. The fraction of sp³-hybridized carbons (Fsp3) is 0.610. The molecule has 1 aliphatic carbocycles. The first-order chi connectivity index (χ1) is 25.2. The molecule has 3 fully saturated rings. The molecule has 4 atom stereocenters. The summed E-state index contributed by atoms with van der Waals surface area (Å²) in [6, 6.07) is 16.5. The number of carbonyl (C=O) groups is 4. The van der Waals surface area contributed by atoms with E-state index in [0.29, 0.717) is 56.5 Å². The van der Waals surface area contributed by atoms with Gasteiger partial charge in [0.2, 0.25) is 17.7 Å². The smallest absolute Gasteiger partial charge is 0.410 e. The first-order valence-corrected chi connectivity index (χ1v) is 22.0. The Morgan fingerprint density at radius 3 is 2.13 bits per heavy atom. The molecular formula is C41H58N4O6Si. The third-order valence-electron chi connectivity index (χ3n) is 12.4. The summed E-state index contributed by atoms with van der Waals surface area (Å²) >= 11 is 0. The molecule has 282 valence electrons. The minimum Gasteiger partial charge on any atom is -0.448 e. The normalized spacial score (nSPS) is 24.8. The van der Waals surface area contributed by atoms with Gasteiger partial charge in [-0.3, -0.25) is 19.3 Å². The second-order valence-corrected chi connectivity index (χ2v) is 19.9. The van der Waals surface area contributed by atoms with Crippen LogP contribution in [-0.4, -0.2) is 105 Å². The summed E-state index contributed by atoms with van der Waals surface area (Å²) in [4.78, 5) is 58.4. The van der Waals surface area contributed by atoms with Crippen LogP contribution < -0.4 is 5.32 Å². The van der Waals surface area contributed by atoms with Crippen molar-refractivity contribution in [3.63, 3.8) is 0 Å². The van der Waals surface area contributed by atoms with Crippen molar-refractivity contribution in [1.29, 1.82) is 0 Å². The lowest BCUT2D eigenvalue weighted by Gasteiger charge is -2.32. The van der Waals surface area contributed by atoms with Crippen LogP contribution in [0.3, 0.4) is 0 Å². The van der Waals surface area contributed by atoms with Crippen molar-refractivity contribution < 1.29 is 28.3 Å². The quantitative estimate of drug-likeness (QED) is 0.152. The van der Waals surface area contributed by atoms with Gasteiger partial charge in [0.25, 0.3) is 0 Å². The van der Waals surface area contributed by atoms with Crippen LogP contribution in [0.25, 0.3) is 11.1 Å². The van der Waals surface area contributed by atoms with Crippen LogP contribution >= 0.6 is 0 Å². The van der Waals surface area contributed by atoms with Crippen LogP contribution in [0.5, 0.6) is 0 Å². The highest BCUT2D eigenvalue weighted by Gasteiger charge is 2.62. The predicted octanol–water partition coefficient (Wildman–Crippen LogP) is 6.69. The van der Waals surface area contributed by atoms with Crippen LogP contribution in [0.1, 0.15) is 95.6 Å². The summed E-state index contributed by atoms with van der Waals surface area (Å²) in [6.07, 6.45) is 6.11. The van der Waals surface area contributed by atoms with Crippen LogP contribution in [0, 0.1) is 0 Å². The summed E-state index contributed by atoms with van der Waals surface area (Å²) in [5.74, 6) is -0.168. The molecule has 3 saturated heterocycles. The third-order valence-corrected chi connectivity index (χ3v) is 18.0. The Labute approximate surface area is 310 Å². The number of hydrogen-bond donors (Lipinski definition) is 1. The van der Waals surface area contributed by atoms with Gasteiger partial charge in [0.05, 0.1) is 0 Å². The van der Waals surface area contributed by atoms with Crippen molar-refractivity contribution in [2.24, 2.45) is 0 Å². The van der Waals surface area contributed by atoms with E-state index in [2.05, 4.69) is 50.4 Å². The van der Waals surface area contributed by atoms with Crippen LogP contribution in [0.4, 0.5) is 4.79 Å². The summed E-state index contributed by atoms with van der Waals surface area (Å²) < 4.78 is 12.1. The van der Waals surface area contributed by atoms with Gasteiger partial charge in [-0.15, -0.1) is 0 Å². The summed E-state index contributed by atoms with van der Waals surface area (Å²) in [5, 5.41) is 3.08. The van der Waals surface area contributed by atoms with Gasteiger partial charge < -0.3 is 24.3 Å². The Morgan fingerprint density at radius 1 is 0.846 bits per heavy atom. The fourth-order valence-electron chi connectivity index (χ4n) is 9.14. The largest absolute Gasteiger partial charge is 0.448 e. The van der Waals surface area contributed by atoms with Gasteiger partial charge in [0, 0.05) is 52.2 Å². The number of fused-ring (bicyclic) bond motifs is 3. The molecule has 0 saturated carbocycles. The minimum absolute atomic E-state index is 0.0494. The zero-order valence-corrected chi connectivity index (χ0v) is 32.6. The third kappa shape index (κ3) is 7.95. The molecule has 6 rings (SSSR count). The zero-order valence-electron chi connectivity index (χ0n) is 31.6. The van der Waals surface area contributed by atoms with Crippen molar-refractivity contribution >= 4 is 32.1 Å². The van der Waals surface area contributed by atoms with Gasteiger partial charge in [-0.1, -0.05) is 68.8 Å². The average Bonchev–Trinajstić information content (AvgIpc) is 3.73. The maximum Gasteiger partial charge on any atom is 0.410 e. The Hall–Kier alpha value is -3.70. The van der Waals surface area contributed by atoms with Crippen molar-refractivity contribution in [2.75, 3.05) is 46.4 Å². The fourth-order valence-corrected chi connectivity index (χ4v) is 14.2. The summed E-state index contributed by atoms with van der Waals surface area (Å²) in [5.41, 5.74) is 6.06. The molecule has 11 heteroatoms. The molecule has 0 bridgehead atoms. The lowest BCUT2D eigenvalue weighted by molar-refractivity contribution is -0.145. The molecule has 0 spiro atoms. The average molecular weight is 731 g/mol. The number of likely N-dealkylation sites (tertiary alicyclic amines) is 2. The lowest BCUT2D eigenvalue weighted by Crippen LogP contribution is -2.53. The van der Waals surface area contributed by atoms with Crippen molar-refractivity contribution in [2.45, 2.75) is 114 Å². The highest BCUT2D eigenvalue weighted by atomic mass is 28.4. The lowest BCUT2D eigenvalue weighted by atomic mass is 9.98. The van der Waals surface area contributed by atoms with E-state index in [-0.39, 0.29) is 30.2 Å². The second kappa shape index (κ2) is 17.0. The number of benzene rings is 2. The van der Waals surface area contributed by atoms with Crippen LogP contribution in [0.15, 0.2) is 48.5 Å². The number of ether oxygens (including phenoxy) is 1. The number of likely N-dealkylation sites (N-methyl/N-ethyl adjacent to an activating group) is 1. The van der Waals surface area contributed by atoms with E-state index in [1.54, 1.807) is 21.7 Å². The highest BCUT2D eigenvalue weighted by molar-refractivity contribution is 6.87. The van der Waals surface area contributed by atoms with Gasteiger partial charge in [0.1, 0.15) is 18.7 Å². The van der Waals surface area contributed by atoms with Gasteiger partial charge in [-0.05, 0) is 91.2 Å². The van der Waals surface area contributed by atoms with E-state index >= 15 is 0 Å². The Bertz CT molecular complexity index is 1550. The van der Waals surface area contributed by atoms with Gasteiger partial charge in [0.15, 0.2) is 8.32 Å². The number of unbranched alkanes of at least 4 members (excludes halogenated alkanes) is 2. The van der Waals surface area contributed by atoms with Crippen molar-refractivity contribution in [3.05, 3.63) is 59.7 Å². The predicted molar refractivity (Wildman–Crippen MR) is 204 cm³/mol. The second-order valence-electron chi connectivity index (χ2n) is 15.3. The molecule has 3 aliphatic heterocycles. The number of nitrogens with one attached hydrogen (secondary N) is 1. The van der Waals surface area contributed by atoms with E-state index in [1.165, 1.54) is 11.1 Å². The van der Waals surface area contributed by atoms with Gasteiger partial charge in [-0.2, -0.15) is 0 Å². The first kappa shape index (κ1) is 38.0. The van der Waals surface area contributed by atoms with E-state index in [0.717, 1.165) is 62.3 Å². The summed E-state index contributed by atoms with van der Waals surface area (Å²) in [7, 11) is 0.225. The molecule has 4 aliphatic rings. The molecule has 52 heavy (non-hydrogen) atoms. The van der Waals surface area contributed by atoms with E-state index < -0.39 is 26.5 Å². The minimum atomic E-state index is -1.58. The van der Waals surface area contributed by atoms with Gasteiger partial charge >= 0.3 is 6.09 Å². The molecule has 0 aromatic heterocycles. The number of rotatable bonds is 16. The summed E-state index contributed by atoms with van der Waals surface area (Å²) in [6.45, 7) is 9.95. The van der Waals surface area contributed by atoms with E-state index in [4.69, 9.17) is 9.16 Å². The zero-order chi connectivity index (χ0) is 36.8. The molecular weight excluding hydrogens is 673 g/mol. The molecule has 0 radical (unpaired) electrons. The van der Waals surface area contributed by atoms with Gasteiger partial charge in [-0.25, -0.2) is 4.79 Å². The standard InChI is InChI=1S/C41H58N4O6Si/c1-5-51-52(29(2)30(52)3)27-15-23-42-38(46)22-7-6-12-24-43(4)39(47)36-20-13-25-44(36)40(48)37-21-14-26-45(37)41(49)50-28-35-33-18-10-8-16-31(33)32-17-9-11-19-34(32)35/h8-11,16-19,29-30,35-37H,5-7,12-15,20-28H2,1-4H3,(H,42,46)/t29?,30?,36-,37-,52?/m0/s1. The highest BCUT2D eigenvalue weighted by Crippen LogP contribution is 2.61. The Kier molecular flexibility index (Phi) is 12.4. The first-order valence-electron chi connectivity index (χ1n) is 19.8. The molecule has 4 amide bonds. The molecule has 3 heterocycles. The Balaban J connectivity index is 0.914. The van der Waals surface area contributed by atoms with E-state index in [9.17, 15) is 19.2 Å². The molecule has 2 aromatic rings. The number of carbonyl (C=O) groups excluding carboxylic acids is 4. The maximum atomic E-state index is 13.9. The number of amides is 4. The van der Waals surface area contributed by atoms with Crippen LogP contribution in [-0.2, 0) is 23.5 Å². The molecule has 1 N–H and O–H groups in total. The molecule has 10 nitrogen and oxygen atoms in total. The maximum absolute atomic E-state index is 13.9.